The van der Waals surface area contributed by atoms with Gasteiger partial charge in [-0.2, -0.15) is 9.78 Å². The van der Waals surface area contributed by atoms with Crippen LogP contribution in [0.4, 0.5) is 4.79 Å². The fourth-order valence-corrected chi connectivity index (χ4v) is 1.88. The molecule has 1 aromatic rings. The van der Waals surface area contributed by atoms with E-state index in [2.05, 4.69) is 10.4 Å². The van der Waals surface area contributed by atoms with Gasteiger partial charge in [0.15, 0.2) is 0 Å². The summed E-state index contributed by atoms with van der Waals surface area (Å²) in [5, 5.41) is 6.87. The first-order valence-electron chi connectivity index (χ1n) is 5.17. The molecular weight excluding hydrogens is 178 g/mol. The molecule has 4 nitrogen and oxygen atoms in total. The molecule has 1 heterocycles. The second-order valence-electron chi connectivity index (χ2n) is 3.74. The van der Waals surface area contributed by atoms with E-state index in [1.54, 1.807) is 18.5 Å². The summed E-state index contributed by atoms with van der Waals surface area (Å²) >= 11 is 0. The summed E-state index contributed by atoms with van der Waals surface area (Å²) in [6.45, 7) is 0. The molecule has 2 rings (SSSR count). The van der Waals surface area contributed by atoms with Gasteiger partial charge in [0.05, 0.1) is 0 Å². The predicted molar refractivity (Wildman–Crippen MR) is 53.0 cm³/mol. The van der Waals surface area contributed by atoms with Crippen LogP contribution < -0.4 is 5.32 Å². The van der Waals surface area contributed by atoms with E-state index in [0.29, 0.717) is 6.04 Å². The Hall–Kier alpha value is -1.32. The fraction of sp³-hybridized carbons (Fsp3) is 0.600. The van der Waals surface area contributed by atoms with Gasteiger partial charge in [-0.05, 0) is 18.9 Å². The molecule has 0 atom stereocenters. The second-order valence-corrected chi connectivity index (χ2v) is 3.74. The normalized spacial score (nSPS) is 18.0. The highest BCUT2D eigenvalue weighted by Crippen LogP contribution is 2.17. The van der Waals surface area contributed by atoms with Gasteiger partial charge in [0.25, 0.3) is 0 Å². The first-order valence-corrected chi connectivity index (χ1v) is 5.17. The lowest BCUT2D eigenvalue weighted by Crippen LogP contribution is -2.39. The van der Waals surface area contributed by atoms with Gasteiger partial charge in [-0.1, -0.05) is 19.3 Å². The molecule has 1 aromatic heterocycles. The average molecular weight is 193 g/mol. The number of nitrogens with one attached hydrogen (secondary N) is 1. The van der Waals surface area contributed by atoms with E-state index in [1.807, 2.05) is 0 Å². The fourth-order valence-electron chi connectivity index (χ4n) is 1.88. The van der Waals surface area contributed by atoms with Crippen LogP contribution in [0.1, 0.15) is 32.1 Å². The highest BCUT2D eigenvalue weighted by atomic mass is 16.2. The molecule has 76 valence electrons. The van der Waals surface area contributed by atoms with Gasteiger partial charge >= 0.3 is 6.03 Å². The number of aromatic nitrogens is 2. The summed E-state index contributed by atoms with van der Waals surface area (Å²) in [4.78, 5) is 11.6. The molecule has 0 aromatic carbocycles. The van der Waals surface area contributed by atoms with Crippen molar-refractivity contribution in [3.63, 3.8) is 0 Å². The van der Waals surface area contributed by atoms with Gasteiger partial charge in [0, 0.05) is 18.4 Å². The summed E-state index contributed by atoms with van der Waals surface area (Å²) in [6.07, 6.45) is 9.24. The lowest BCUT2D eigenvalue weighted by Gasteiger charge is -2.22. The maximum atomic E-state index is 11.6. The van der Waals surface area contributed by atoms with Gasteiger partial charge in [-0.25, -0.2) is 4.79 Å². The molecule has 14 heavy (non-hydrogen) atoms. The summed E-state index contributed by atoms with van der Waals surface area (Å²) in [5.74, 6) is 0. The van der Waals surface area contributed by atoms with Crippen molar-refractivity contribution in [3.05, 3.63) is 18.5 Å². The standard InChI is InChI=1S/C10H15N3O/c14-10(13-8-4-7-11-13)12-9-5-2-1-3-6-9/h4,7-9H,1-3,5-6H2,(H,12,14). The minimum absolute atomic E-state index is 0.109. The zero-order valence-electron chi connectivity index (χ0n) is 8.15. The van der Waals surface area contributed by atoms with Gasteiger partial charge in [0.2, 0.25) is 0 Å². The van der Waals surface area contributed by atoms with E-state index < -0.39 is 0 Å². The van der Waals surface area contributed by atoms with Crippen LogP contribution in [-0.4, -0.2) is 21.9 Å². The van der Waals surface area contributed by atoms with Crippen LogP contribution >= 0.6 is 0 Å². The Balaban J connectivity index is 1.87. The second kappa shape index (κ2) is 4.26. The van der Waals surface area contributed by atoms with Gasteiger partial charge in [0.1, 0.15) is 0 Å². The van der Waals surface area contributed by atoms with Crippen molar-refractivity contribution in [1.29, 1.82) is 0 Å². The Labute approximate surface area is 83.3 Å². The highest BCUT2D eigenvalue weighted by molar-refractivity contribution is 5.75. The van der Waals surface area contributed by atoms with E-state index in [4.69, 9.17) is 0 Å². The first kappa shape index (κ1) is 9.24. The minimum Gasteiger partial charge on any atom is -0.333 e. The summed E-state index contributed by atoms with van der Waals surface area (Å²) < 4.78 is 1.34. The van der Waals surface area contributed by atoms with Crippen LogP contribution in [0.25, 0.3) is 0 Å². The molecule has 1 N–H and O–H groups in total. The summed E-state index contributed by atoms with van der Waals surface area (Å²) in [5.41, 5.74) is 0. The molecule has 4 heteroatoms. The van der Waals surface area contributed by atoms with E-state index in [1.165, 1.54) is 23.9 Å². The largest absolute Gasteiger partial charge is 0.342 e. The maximum absolute atomic E-state index is 11.6. The van der Waals surface area contributed by atoms with E-state index in [-0.39, 0.29) is 6.03 Å². The first-order chi connectivity index (χ1) is 6.86. The highest BCUT2D eigenvalue weighted by Gasteiger charge is 2.16. The number of rotatable bonds is 1. The number of nitrogens with zero attached hydrogens (tertiary/aromatic N) is 2. The molecule has 1 aliphatic carbocycles. The molecule has 1 fully saturated rings. The molecular formula is C10H15N3O. The Morgan fingerprint density at radius 3 is 2.79 bits per heavy atom. The van der Waals surface area contributed by atoms with Crippen molar-refractivity contribution in [3.8, 4) is 0 Å². The average Bonchev–Trinajstić information content (AvgIpc) is 2.72. The third-order valence-corrected chi connectivity index (χ3v) is 2.65. The maximum Gasteiger partial charge on any atom is 0.342 e. The van der Waals surface area contributed by atoms with Gasteiger partial charge in [-0.15, -0.1) is 0 Å². The summed E-state index contributed by atoms with van der Waals surface area (Å²) in [7, 11) is 0. The van der Waals surface area contributed by atoms with Gasteiger partial charge in [-0.3, -0.25) is 0 Å². The zero-order chi connectivity index (χ0) is 9.80. The van der Waals surface area contributed by atoms with Crippen LogP contribution in [0, 0.1) is 0 Å². The molecule has 0 aliphatic heterocycles. The van der Waals surface area contributed by atoms with E-state index in [9.17, 15) is 4.79 Å². The third kappa shape index (κ3) is 2.13. The number of hydrogen-bond acceptors (Lipinski definition) is 2. The number of amides is 1. The van der Waals surface area contributed by atoms with Crippen LogP contribution in [0.5, 0.6) is 0 Å². The van der Waals surface area contributed by atoms with E-state index >= 15 is 0 Å². The Morgan fingerprint density at radius 2 is 2.14 bits per heavy atom. The van der Waals surface area contributed by atoms with Crippen molar-refractivity contribution in [1.82, 2.24) is 15.1 Å². The topological polar surface area (TPSA) is 46.9 Å². The summed E-state index contributed by atoms with van der Waals surface area (Å²) in [6, 6.07) is 1.99. The molecule has 1 saturated carbocycles. The lowest BCUT2D eigenvalue weighted by atomic mass is 9.96. The molecule has 0 spiro atoms. The van der Waals surface area contributed by atoms with Crippen molar-refractivity contribution < 1.29 is 4.79 Å². The molecule has 0 saturated heterocycles. The number of carbonyl (C=O) groups is 1. The van der Waals surface area contributed by atoms with Gasteiger partial charge < -0.3 is 5.32 Å². The van der Waals surface area contributed by atoms with Crippen LogP contribution in [0.15, 0.2) is 18.5 Å². The molecule has 0 radical (unpaired) electrons. The van der Waals surface area contributed by atoms with Crippen molar-refractivity contribution >= 4 is 6.03 Å². The molecule has 0 unspecified atom stereocenters. The smallest absolute Gasteiger partial charge is 0.333 e. The number of hydrogen-bond donors (Lipinski definition) is 1. The molecule has 1 aliphatic rings. The zero-order valence-corrected chi connectivity index (χ0v) is 8.15. The lowest BCUT2D eigenvalue weighted by molar-refractivity contribution is 0.231. The molecule has 0 bridgehead atoms. The van der Waals surface area contributed by atoms with Crippen molar-refractivity contribution in [2.45, 2.75) is 38.1 Å². The van der Waals surface area contributed by atoms with Crippen LogP contribution in [0.3, 0.4) is 0 Å². The Kier molecular flexibility index (Phi) is 2.81. The molecule has 1 amide bonds. The van der Waals surface area contributed by atoms with Crippen LogP contribution in [-0.2, 0) is 0 Å². The van der Waals surface area contributed by atoms with Crippen molar-refractivity contribution in [2.75, 3.05) is 0 Å². The monoisotopic (exact) mass is 193 g/mol. The third-order valence-electron chi connectivity index (χ3n) is 2.65. The van der Waals surface area contributed by atoms with E-state index in [0.717, 1.165) is 12.8 Å². The quantitative estimate of drug-likeness (QED) is 0.739. The predicted octanol–water partition coefficient (Wildman–Crippen LogP) is 1.77. The SMILES string of the molecule is O=C(NC1CCCCC1)n1cccn1. The Morgan fingerprint density at radius 1 is 1.36 bits per heavy atom. The number of carbonyl (C=O) groups excluding carboxylic acids is 1. The Bertz CT molecular complexity index is 288. The van der Waals surface area contributed by atoms with Crippen molar-refractivity contribution in [2.24, 2.45) is 0 Å². The van der Waals surface area contributed by atoms with Crippen LogP contribution in [0.2, 0.25) is 0 Å². The minimum atomic E-state index is -0.109.